The molecule has 0 radical (unpaired) electrons. The van der Waals surface area contributed by atoms with Crippen molar-refractivity contribution in [2.45, 2.75) is 19.8 Å². The highest BCUT2D eigenvalue weighted by Gasteiger charge is 2.24. The van der Waals surface area contributed by atoms with E-state index < -0.39 is 17.7 Å². The molecule has 0 aliphatic carbocycles. The lowest BCUT2D eigenvalue weighted by Crippen LogP contribution is -2.12. The van der Waals surface area contributed by atoms with Crippen LogP contribution in [0.5, 0.6) is 5.75 Å². The summed E-state index contributed by atoms with van der Waals surface area (Å²) in [7, 11) is 1.37. The van der Waals surface area contributed by atoms with E-state index in [-0.39, 0.29) is 21.9 Å². The molecular formula is C11H12ClFO3. The van der Waals surface area contributed by atoms with Crippen LogP contribution in [0.15, 0.2) is 6.07 Å². The van der Waals surface area contributed by atoms with Crippen molar-refractivity contribution in [2.24, 2.45) is 0 Å². The molecule has 1 unspecified atom stereocenters. The number of hydrogen-bond acceptors (Lipinski definition) is 2. The standard InChI is InChI=1S/C11H12ClFO3/c1-5-8(13)4-7(12)10(16-3)9(5)6(2)11(14)15/h4,6H,1-3H3,(H,14,15). The lowest BCUT2D eigenvalue weighted by molar-refractivity contribution is -0.138. The monoisotopic (exact) mass is 246 g/mol. The fourth-order valence-corrected chi connectivity index (χ4v) is 1.84. The lowest BCUT2D eigenvalue weighted by Gasteiger charge is -2.17. The maximum atomic E-state index is 13.4. The molecular weight excluding hydrogens is 235 g/mol. The summed E-state index contributed by atoms with van der Waals surface area (Å²) in [5.41, 5.74) is 0.524. The minimum Gasteiger partial charge on any atom is -0.495 e. The topological polar surface area (TPSA) is 46.5 Å². The average Bonchev–Trinajstić information content (AvgIpc) is 2.21. The molecule has 1 aromatic carbocycles. The van der Waals surface area contributed by atoms with E-state index in [1.165, 1.54) is 21.0 Å². The van der Waals surface area contributed by atoms with Gasteiger partial charge in [0.15, 0.2) is 0 Å². The molecule has 0 heterocycles. The number of carboxylic acid groups (broad SMARTS) is 1. The maximum absolute atomic E-state index is 13.4. The van der Waals surface area contributed by atoms with Crippen molar-refractivity contribution in [3.63, 3.8) is 0 Å². The molecule has 0 saturated heterocycles. The third kappa shape index (κ3) is 2.11. The van der Waals surface area contributed by atoms with Crippen LogP contribution in [0.2, 0.25) is 5.02 Å². The van der Waals surface area contributed by atoms with E-state index in [0.29, 0.717) is 0 Å². The van der Waals surface area contributed by atoms with E-state index in [9.17, 15) is 9.18 Å². The molecule has 0 bridgehead atoms. The van der Waals surface area contributed by atoms with Crippen LogP contribution in [0.25, 0.3) is 0 Å². The molecule has 1 N–H and O–H groups in total. The van der Waals surface area contributed by atoms with Gasteiger partial charge in [-0.1, -0.05) is 11.6 Å². The number of ether oxygens (including phenoxy) is 1. The van der Waals surface area contributed by atoms with Crippen molar-refractivity contribution in [1.29, 1.82) is 0 Å². The first-order valence-corrected chi connectivity index (χ1v) is 5.03. The SMILES string of the molecule is COc1c(Cl)cc(F)c(C)c1C(C)C(=O)O. The van der Waals surface area contributed by atoms with Crippen molar-refractivity contribution in [1.82, 2.24) is 0 Å². The van der Waals surface area contributed by atoms with Gasteiger partial charge in [0.2, 0.25) is 0 Å². The van der Waals surface area contributed by atoms with Gasteiger partial charge >= 0.3 is 5.97 Å². The van der Waals surface area contributed by atoms with Crippen LogP contribution in [0, 0.1) is 12.7 Å². The first-order valence-electron chi connectivity index (χ1n) is 4.65. The number of rotatable bonds is 3. The number of hydrogen-bond donors (Lipinski definition) is 1. The minimum absolute atomic E-state index is 0.0775. The summed E-state index contributed by atoms with van der Waals surface area (Å²) in [4.78, 5) is 10.9. The molecule has 0 saturated carbocycles. The van der Waals surface area contributed by atoms with Gasteiger partial charge in [0.25, 0.3) is 0 Å². The Morgan fingerprint density at radius 3 is 2.62 bits per heavy atom. The fraction of sp³-hybridized carbons (Fsp3) is 0.364. The van der Waals surface area contributed by atoms with Crippen LogP contribution < -0.4 is 4.74 Å². The molecule has 0 spiro atoms. The average molecular weight is 247 g/mol. The summed E-state index contributed by atoms with van der Waals surface area (Å²) in [5.74, 6) is -2.24. The third-order valence-corrected chi connectivity index (χ3v) is 2.77. The van der Waals surface area contributed by atoms with Crippen LogP contribution in [0.3, 0.4) is 0 Å². The number of carboxylic acids is 1. The van der Waals surface area contributed by atoms with Gasteiger partial charge in [-0.15, -0.1) is 0 Å². The van der Waals surface area contributed by atoms with Gasteiger partial charge in [-0.3, -0.25) is 4.79 Å². The fourth-order valence-electron chi connectivity index (χ4n) is 1.56. The van der Waals surface area contributed by atoms with E-state index in [4.69, 9.17) is 21.4 Å². The highest BCUT2D eigenvalue weighted by atomic mass is 35.5. The molecule has 3 nitrogen and oxygen atoms in total. The normalized spacial score (nSPS) is 12.3. The molecule has 0 fully saturated rings. The molecule has 0 aromatic heterocycles. The molecule has 16 heavy (non-hydrogen) atoms. The highest BCUT2D eigenvalue weighted by molar-refractivity contribution is 6.32. The Morgan fingerprint density at radius 2 is 2.19 bits per heavy atom. The van der Waals surface area contributed by atoms with Crippen molar-refractivity contribution in [3.05, 3.63) is 28.0 Å². The smallest absolute Gasteiger partial charge is 0.310 e. The molecule has 5 heteroatoms. The number of halogens is 2. The second kappa shape index (κ2) is 4.70. The molecule has 1 atom stereocenters. The van der Waals surface area contributed by atoms with Crippen LogP contribution in [0.1, 0.15) is 24.0 Å². The Balaban J connectivity index is 3.50. The highest BCUT2D eigenvalue weighted by Crippen LogP contribution is 2.37. The Morgan fingerprint density at radius 1 is 1.62 bits per heavy atom. The molecule has 88 valence electrons. The zero-order valence-electron chi connectivity index (χ0n) is 9.17. The largest absolute Gasteiger partial charge is 0.495 e. The van der Waals surface area contributed by atoms with E-state index in [1.54, 1.807) is 0 Å². The van der Waals surface area contributed by atoms with Crippen LogP contribution in [-0.4, -0.2) is 18.2 Å². The van der Waals surface area contributed by atoms with Gasteiger partial charge in [-0.05, 0) is 25.5 Å². The summed E-state index contributed by atoms with van der Waals surface area (Å²) in [6.45, 7) is 2.96. The summed E-state index contributed by atoms with van der Waals surface area (Å²) >= 11 is 5.80. The van der Waals surface area contributed by atoms with Gasteiger partial charge in [-0.2, -0.15) is 0 Å². The molecule has 0 aliphatic heterocycles. The predicted molar refractivity (Wildman–Crippen MR) is 58.7 cm³/mol. The minimum atomic E-state index is -1.05. The number of methoxy groups -OCH3 is 1. The quantitative estimate of drug-likeness (QED) is 0.892. The summed E-state index contributed by atoms with van der Waals surface area (Å²) in [5, 5.41) is 9.02. The summed E-state index contributed by atoms with van der Waals surface area (Å²) in [6, 6.07) is 1.12. The van der Waals surface area contributed by atoms with Gasteiger partial charge in [-0.25, -0.2) is 4.39 Å². The van der Waals surface area contributed by atoms with Gasteiger partial charge in [0, 0.05) is 5.56 Å². The maximum Gasteiger partial charge on any atom is 0.310 e. The Kier molecular flexibility index (Phi) is 3.75. The zero-order valence-corrected chi connectivity index (χ0v) is 9.93. The van der Waals surface area contributed by atoms with E-state index in [2.05, 4.69) is 0 Å². The lowest BCUT2D eigenvalue weighted by atomic mass is 9.95. The Labute approximate surface area is 97.8 Å². The molecule has 1 aromatic rings. The van der Waals surface area contributed by atoms with Gasteiger partial charge in [0.05, 0.1) is 18.1 Å². The van der Waals surface area contributed by atoms with E-state index >= 15 is 0 Å². The predicted octanol–water partition coefficient (Wildman–Crippen LogP) is 2.98. The molecule has 0 aliphatic rings. The van der Waals surface area contributed by atoms with E-state index in [1.807, 2.05) is 0 Å². The van der Waals surface area contributed by atoms with Gasteiger partial charge in [0.1, 0.15) is 11.6 Å². The summed E-state index contributed by atoms with van der Waals surface area (Å²) in [6.07, 6.45) is 0. The zero-order chi connectivity index (χ0) is 12.5. The first kappa shape index (κ1) is 12.8. The van der Waals surface area contributed by atoms with Crippen molar-refractivity contribution in [3.8, 4) is 5.75 Å². The first-order chi connectivity index (χ1) is 7.40. The van der Waals surface area contributed by atoms with Gasteiger partial charge < -0.3 is 9.84 Å². The Hall–Kier alpha value is -1.29. The number of carbonyl (C=O) groups is 1. The molecule has 0 amide bonds. The summed E-state index contributed by atoms with van der Waals surface area (Å²) < 4.78 is 18.5. The van der Waals surface area contributed by atoms with Crippen molar-refractivity contribution < 1.29 is 19.0 Å². The second-order valence-corrected chi connectivity index (χ2v) is 3.88. The number of aliphatic carboxylic acids is 1. The van der Waals surface area contributed by atoms with Crippen LogP contribution in [-0.2, 0) is 4.79 Å². The van der Waals surface area contributed by atoms with E-state index in [0.717, 1.165) is 6.07 Å². The molecule has 1 rings (SSSR count). The van der Waals surface area contributed by atoms with Crippen molar-refractivity contribution >= 4 is 17.6 Å². The van der Waals surface area contributed by atoms with Crippen LogP contribution >= 0.6 is 11.6 Å². The number of benzene rings is 1. The Bertz CT molecular complexity index is 432. The van der Waals surface area contributed by atoms with Crippen molar-refractivity contribution in [2.75, 3.05) is 7.11 Å². The second-order valence-electron chi connectivity index (χ2n) is 3.47. The third-order valence-electron chi connectivity index (χ3n) is 2.48. The van der Waals surface area contributed by atoms with Crippen LogP contribution in [0.4, 0.5) is 4.39 Å².